The average molecular weight is 448 g/mol. The van der Waals surface area contributed by atoms with Crippen LogP contribution in [0.25, 0.3) is 0 Å². The van der Waals surface area contributed by atoms with E-state index in [1.165, 1.54) is 11.1 Å². The molecule has 0 aromatic heterocycles. The Morgan fingerprint density at radius 2 is 1.67 bits per heavy atom. The van der Waals surface area contributed by atoms with Crippen molar-refractivity contribution in [2.24, 2.45) is 0 Å². The van der Waals surface area contributed by atoms with Crippen LogP contribution in [0.15, 0.2) is 66.7 Å². The van der Waals surface area contributed by atoms with Gasteiger partial charge in [0.05, 0.1) is 13.2 Å². The number of benzene rings is 3. The number of hydrogen-bond acceptors (Lipinski definition) is 5. The fraction of sp³-hybridized carbons (Fsp3) is 0.296. The molecule has 0 fully saturated rings. The van der Waals surface area contributed by atoms with Crippen molar-refractivity contribution >= 4 is 11.7 Å². The van der Waals surface area contributed by atoms with Crippen molar-refractivity contribution in [3.8, 4) is 11.5 Å². The molecule has 0 bridgehead atoms. The lowest BCUT2D eigenvalue weighted by molar-refractivity contribution is -0.142. The molecular formula is C27H29NO5. The van der Waals surface area contributed by atoms with Gasteiger partial charge in [-0.1, -0.05) is 54.1 Å². The van der Waals surface area contributed by atoms with E-state index < -0.39 is 11.5 Å². The molecule has 3 aromatic rings. The summed E-state index contributed by atoms with van der Waals surface area (Å²) in [6.45, 7) is 2.54. The molecule has 1 aliphatic carbocycles. The van der Waals surface area contributed by atoms with Crippen LogP contribution in [-0.4, -0.2) is 41.5 Å². The molecule has 0 saturated carbocycles. The predicted molar refractivity (Wildman–Crippen MR) is 127 cm³/mol. The third-order valence-electron chi connectivity index (χ3n) is 5.92. The van der Waals surface area contributed by atoms with Crippen molar-refractivity contribution in [2.75, 3.05) is 25.1 Å². The van der Waals surface area contributed by atoms with E-state index in [1.807, 2.05) is 30.3 Å². The lowest BCUT2D eigenvalue weighted by Crippen LogP contribution is -2.47. The molecule has 0 spiro atoms. The Morgan fingerprint density at radius 1 is 0.939 bits per heavy atom. The number of aliphatic carboxylic acids is 1. The normalized spacial score (nSPS) is 13.9. The van der Waals surface area contributed by atoms with Gasteiger partial charge in [0.15, 0.2) is 11.5 Å². The number of fused-ring (bicyclic) bond motifs is 1. The minimum absolute atomic E-state index is 0.108. The molecular weight excluding hydrogens is 418 g/mol. The van der Waals surface area contributed by atoms with Crippen molar-refractivity contribution in [1.29, 1.82) is 0 Å². The summed E-state index contributed by atoms with van der Waals surface area (Å²) in [5, 5.41) is 22.5. The van der Waals surface area contributed by atoms with Crippen LogP contribution in [0.5, 0.6) is 11.5 Å². The highest BCUT2D eigenvalue weighted by Crippen LogP contribution is 2.36. The summed E-state index contributed by atoms with van der Waals surface area (Å²) in [5.74, 6) is 0.135. The van der Waals surface area contributed by atoms with Crippen LogP contribution < -0.4 is 14.8 Å². The first kappa shape index (κ1) is 22.7. The van der Waals surface area contributed by atoms with E-state index in [0.717, 1.165) is 17.5 Å². The number of carboxylic acid groups (broad SMARTS) is 1. The Morgan fingerprint density at radius 3 is 2.33 bits per heavy atom. The molecule has 3 N–H and O–H groups in total. The van der Waals surface area contributed by atoms with Crippen LogP contribution in [0.3, 0.4) is 0 Å². The second-order valence-electron chi connectivity index (χ2n) is 8.46. The van der Waals surface area contributed by atoms with E-state index >= 15 is 0 Å². The molecule has 6 heteroatoms. The Kier molecular flexibility index (Phi) is 6.84. The maximum atomic E-state index is 12.3. The maximum absolute atomic E-state index is 12.3. The number of carbonyl (C=O) groups is 1. The van der Waals surface area contributed by atoms with Gasteiger partial charge in [0, 0.05) is 31.0 Å². The van der Waals surface area contributed by atoms with Gasteiger partial charge in [0.1, 0.15) is 12.1 Å². The highest BCUT2D eigenvalue weighted by Gasteiger charge is 2.44. The van der Waals surface area contributed by atoms with E-state index in [2.05, 4.69) is 30.4 Å². The number of ether oxygens (including phenoxy) is 2. The van der Waals surface area contributed by atoms with E-state index in [-0.39, 0.29) is 13.2 Å². The first-order valence-electron chi connectivity index (χ1n) is 11.1. The summed E-state index contributed by atoms with van der Waals surface area (Å²) in [6, 6.07) is 21.4. The standard InChI is InChI=1S/C27H29NO5/c1-19-5-4-6-20(15-19)11-13-32-25-16-23(9-10-24(25)33-14-12-29)28-27(26(30)31)17-21-7-2-3-8-22(21)18-27/h2-10,15-16,28-29H,11-14,17-18H2,1H3,(H,30,31). The maximum Gasteiger partial charge on any atom is 0.330 e. The molecule has 0 saturated heterocycles. The molecule has 6 nitrogen and oxygen atoms in total. The summed E-state index contributed by atoms with van der Waals surface area (Å²) in [6.07, 6.45) is 1.54. The minimum atomic E-state index is -1.12. The molecule has 0 atom stereocenters. The summed E-state index contributed by atoms with van der Waals surface area (Å²) >= 11 is 0. The summed E-state index contributed by atoms with van der Waals surface area (Å²) in [5.41, 5.74) is 4.00. The highest BCUT2D eigenvalue weighted by molar-refractivity contribution is 5.85. The number of nitrogens with one attached hydrogen (secondary N) is 1. The van der Waals surface area contributed by atoms with Crippen molar-refractivity contribution in [3.05, 3.63) is 89.0 Å². The number of hydrogen-bond donors (Lipinski definition) is 3. The zero-order chi connectivity index (χ0) is 23.3. The van der Waals surface area contributed by atoms with Gasteiger partial charge >= 0.3 is 5.97 Å². The van der Waals surface area contributed by atoms with Gasteiger partial charge in [-0.05, 0) is 35.7 Å². The Bertz CT molecular complexity index is 1100. The smallest absolute Gasteiger partial charge is 0.330 e. The van der Waals surface area contributed by atoms with E-state index in [9.17, 15) is 9.90 Å². The van der Waals surface area contributed by atoms with Crippen LogP contribution in [0.2, 0.25) is 0 Å². The van der Waals surface area contributed by atoms with Gasteiger partial charge in [0.2, 0.25) is 0 Å². The summed E-state index contributed by atoms with van der Waals surface area (Å²) in [4.78, 5) is 12.3. The van der Waals surface area contributed by atoms with Crippen LogP contribution >= 0.6 is 0 Å². The molecule has 0 aliphatic heterocycles. The second kappa shape index (κ2) is 9.96. The first-order chi connectivity index (χ1) is 16.0. The molecule has 0 heterocycles. The number of aliphatic hydroxyl groups excluding tert-OH is 1. The molecule has 0 unspecified atom stereocenters. The number of aryl methyl sites for hydroxylation is 1. The first-order valence-corrected chi connectivity index (χ1v) is 11.1. The predicted octanol–water partition coefficient (Wildman–Crippen LogP) is 4.02. The van der Waals surface area contributed by atoms with Gasteiger partial charge in [0.25, 0.3) is 0 Å². The largest absolute Gasteiger partial charge is 0.489 e. The van der Waals surface area contributed by atoms with Gasteiger partial charge < -0.3 is 25.0 Å². The molecule has 0 radical (unpaired) electrons. The minimum Gasteiger partial charge on any atom is -0.489 e. The van der Waals surface area contributed by atoms with Crippen LogP contribution in [-0.2, 0) is 24.1 Å². The Labute approximate surface area is 193 Å². The average Bonchev–Trinajstić information content (AvgIpc) is 3.18. The number of rotatable bonds is 10. The van der Waals surface area contributed by atoms with E-state index in [1.54, 1.807) is 18.2 Å². The fourth-order valence-electron chi connectivity index (χ4n) is 4.30. The van der Waals surface area contributed by atoms with Crippen LogP contribution in [0.1, 0.15) is 22.3 Å². The van der Waals surface area contributed by atoms with Gasteiger partial charge in [-0.15, -0.1) is 0 Å². The summed E-state index contributed by atoms with van der Waals surface area (Å²) < 4.78 is 11.7. The SMILES string of the molecule is Cc1cccc(CCOc2cc(NC3(C(=O)O)Cc4ccccc4C3)ccc2OCCO)c1. The van der Waals surface area contributed by atoms with Crippen molar-refractivity contribution in [1.82, 2.24) is 0 Å². The number of carboxylic acids is 1. The van der Waals surface area contributed by atoms with Crippen molar-refractivity contribution in [2.45, 2.75) is 31.7 Å². The van der Waals surface area contributed by atoms with Crippen molar-refractivity contribution in [3.63, 3.8) is 0 Å². The monoisotopic (exact) mass is 447 g/mol. The fourth-order valence-corrected chi connectivity index (χ4v) is 4.30. The van der Waals surface area contributed by atoms with Crippen LogP contribution in [0, 0.1) is 6.92 Å². The Balaban J connectivity index is 1.52. The lowest BCUT2D eigenvalue weighted by Gasteiger charge is -2.27. The Hall–Kier alpha value is -3.51. The topological polar surface area (TPSA) is 88.0 Å². The zero-order valence-corrected chi connectivity index (χ0v) is 18.7. The van der Waals surface area contributed by atoms with Gasteiger partial charge in [-0.3, -0.25) is 0 Å². The number of anilines is 1. The third-order valence-corrected chi connectivity index (χ3v) is 5.92. The summed E-state index contributed by atoms with van der Waals surface area (Å²) in [7, 11) is 0. The number of aliphatic hydroxyl groups is 1. The van der Waals surface area contributed by atoms with Crippen molar-refractivity contribution < 1.29 is 24.5 Å². The highest BCUT2D eigenvalue weighted by atomic mass is 16.5. The van der Waals surface area contributed by atoms with Gasteiger partial charge in [-0.25, -0.2) is 4.79 Å². The van der Waals surface area contributed by atoms with E-state index in [4.69, 9.17) is 14.6 Å². The second-order valence-corrected chi connectivity index (χ2v) is 8.46. The zero-order valence-electron chi connectivity index (χ0n) is 18.7. The van der Waals surface area contributed by atoms with Crippen LogP contribution in [0.4, 0.5) is 5.69 Å². The molecule has 0 amide bonds. The molecule has 172 valence electrons. The van der Waals surface area contributed by atoms with Gasteiger partial charge in [-0.2, -0.15) is 0 Å². The lowest BCUT2D eigenvalue weighted by atomic mass is 9.95. The van der Waals surface area contributed by atoms with E-state index in [0.29, 0.717) is 36.6 Å². The molecule has 3 aromatic carbocycles. The quantitative estimate of drug-likeness (QED) is 0.435. The third kappa shape index (κ3) is 5.29. The molecule has 4 rings (SSSR count). The molecule has 33 heavy (non-hydrogen) atoms. The molecule has 1 aliphatic rings.